The third-order valence-corrected chi connectivity index (χ3v) is 7.39. The predicted octanol–water partition coefficient (Wildman–Crippen LogP) is 5.66. The monoisotopic (exact) mass is 469 g/mol. The summed E-state index contributed by atoms with van der Waals surface area (Å²) in [5, 5.41) is 9.68. The minimum absolute atomic E-state index is 0.200. The third kappa shape index (κ3) is 4.95. The quantitative estimate of drug-likeness (QED) is 0.189. The van der Waals surface area contributed by atoms with Gasteiger partial charge in [0.15, 0.2) is 12.4 Å². The van der Waals surface area contributed by atoms with Crippen LogP contribution in [-0.2, 0) is 22.6 Å². The van der Waals surface area contributed by atoms with E-state index in [1.165, 1.54) is 15.9 Å². The van der Waals surface area contributed by atoms with E-state index in [1.54, 1.807) is 6.92 Å². The lowest BCUT2D eigenvalue weighted by Gasteiger charge is -2.14. The van der Waals surface area contributed by atoms with Gasteiger partial charge >= 0.3 is 5.97 Å². The Morgan fingerprint density at radius 3 is 2.66 bits per heavy atom. The van der Waals surface area contributed by atoms with Crippen molar-refractivity contribution in [1.29, 1.82) is 0 Å². The van der Waals surface area contributed by atoms with Gasteiger partial charge in [-0.25, -0.2) is 4.79 Å². The summed E-state index contributed by atoms with van der Waals surface area (Å²) in [7, 11) is -1.18. The van der Waals surface area contributed by atoms with Crippen molar-refractivity contribution in [2.75, 3.05) is 13.2 Å². The van der Waals surface area contributed by atoms with Crippen molar-refractivity contribution in [3.63, 3.8) is 0 Å². The topological polar surface area (TPSA) is 66.2 Å². The van der Waals surface area contributed by atoms with Crippen molar-refractivity contribution in [1.82, 2.24) is 15.0 Å². The molecule has 0 unspecified atom stereocenters. The lowest BCUT2D eigenvalue weighted by molar-refractivity contribution is 0.0507. The molecule has 0 atom stereocenters. The number of aromatic nitrogens is 3. The second-order valence-corrected chi connectivity index (χ2v) is 15.2. The molecule has 0 N–H and O–H groups in total. The minimum Gasteiger partial charge on any atom is -0.461 e. The molecule has 0 aliphatic heterocycles. The number of benzene rings is 2. The molecular weight excluding hydrogens is 442 g/mol. The van der Waals surface area contributed by atoms with E-state index in [0.717, 1.165) is 34.2 Å². The van der Waals surface area contributed by atoms with Crippen LogP contribution >= 0.6 is 11.6 Å². The molecule has 0 spiro atoms. The molecule has 0 saturated heterocycles. The summed E-state index contributed by atoms with van der Waals surface area (Å²) >= 11 is 6.20. The van der Waals surface area contributed by atoms with Gasteiger partial charge in [0, 0.05) is 25.3 Å². The van der Waals surface area contributed by atoms with Crippen molar-refractivity contribution < 1.29 is 14.3 Å². The van der Waals surface area contributed by atoms with Gasteiger partial charge in [-0.3, -0.25) is 0 Å². The fourth-order valence-electron chi connectivity index (χ4n) is 3.77. The van der Waals surface area contributed by atoms with Gasteiger partial charge in [0.2, 0.25) is 0 Å². The molecule has 1 aliphatic carbocycles. The van der Waals surface area contributed by atoms with Gasteiger partial charge in [0.05, 0.1) is 6.61 Å². The number of carbonyl (C=O) groups excluding carboxylic acids is 1. The van der Waals surface area contributed by atoms with Crippen LogP contribution in [0.5, 0.6) is 0 Å². The number of rotatable bonds is 8. The molecule has 1 heterocycles. The first-order valence-electron chi connectivity index (χ1n) is 10.9. The summed E-state index contributed by atoms with van der Waals surface area (Å²) < 4.78 is 11.0. The summed E-state index contributed by atoms with van der Waals surface area (Å²) in [4.78, 5) is 14.0. The van der Waals surface area contributed by atoms with E-state index in [0.29, 0.717) is 12.3 Å². The smallest absolute Gasteiger partial charge is 0.361 e. The van der Waals surface area contributed by atoms with E-state index in [-0.39, 0.29) is 19.0 Å². The Balaban J connectivity index is 1.61. The summed E-state index contributed by atoms with van der Waals surface area (Å²) in [5.74, 6) is -0.480. The van der Waals surface area contributed by atoms with Gasteiger partial charge in [-0.15, -0.1) is 5.10 Å². The molecule has 0 amide bonds. The van der Waals surface area contributed by atoms with Crippen molar-refractivity contribution in [3.8, 4) is 22.4 Å². The molecule has 3 aromatic rings. The maximum Gasteiger partial charge on any atom is 0.361 e. The number of hydrogen-bond acceptors (Lipinski definition) is 5. The van der Waals surface area contributed by atoms with Gasteiger partial charge in [-0.1, -0.05) is 49.4 Å². The van der Waals surface area contributed by atoms with E-state index < -0.39 is 14.0 Å². The fraction of sp³-hybridized carbons (Fsp3) is 0.375. The molecular formula is C24H28ClN3O3Si. The van der Waals surface area contributed by atoms with E-state index in [1.807, 2.05) is 18.2 Å². The van der Waals surface area contributed by atoms with Crippen molar-refractivity contribution >= 4 is 25.6 Å². The van der Waals surface area contributed by atoms with Gasteiger partial charge in [-0.2, -0.15) is 9.90 Å². The van der Waals surface area contributed by atoms with E-state index in [4.69, 9.17) is 21.1 Å². The van der Waals surface area contributed by atoms with E-state index in [9.17, 15) is 4.79 Å². The van der Waals surface area contributed by atoms with Crippen molar-refractivity contribution in [3.05, 3.63) is 58.2 Å². The second kappa shape index (κ2) is 9.17. The van der Waals surface area contributed by atoms with Crippen LogP contribution in [0, 0.1) is 0 Å². The Hall–Kier alpha value is -2.48. The third-order valence-electron chi connectivity index (χ3n) is 5.45. The highest BCUT2D eigenvalue weighted by Crippen LogP contribution is 2.40. The highest BCUT2D eigenvalue weighted by atomic mass is 35.5. The first-order valence-corrected chi connectivity index (χ1v) is 15.0. The maximum absolute atomic E-state index is 12.6. The molecule has 0 fully saturated rings. The van der Waals surface area contributed by atoms with Crippen LogP contribution in [-0.4, -0.2) is 42.3 Å². The zero-order chi connectivity index (χ0) is 22.9. The van der Waals surface area contributed by atoms with Crippen LogP contribution in [0.3, 0.4) is 0 Å². The van der Waals surface area contributed by atoms with Crippen molar-refractivity contribution in [2.24, 2.45) is 0 Å². The number of fused-ring (bicyclic) bond motifs is 3. The molecule has 1 aromatic heterocycles. The van der Waals surface area contributed by atoms with Crippen LogP contribution in [0.1, 0.15) is 28.5 Å². The van der Waals surface area contributed by atoms with Crippen molar-refractivity contribution in [2.45, 2.75) is 45.8 Å². The lowest BCUT2D eigenvalue weighted by Crippen LogP contribution is -2.22. The summed E-state index contributed by atoms with van der Waals surface area (Å²) in [5.41, 5.74) is 6.28. The molecule has 168 valence electrons. The number of hydrogen-bond donors (Lipinski definition) is 0. The Bertz CT molecular complexity index is 1150. The molecule has 0 bridgehead atoms. The molecule has 0 saturated carbocycles. The lowest BCUT2D eigenvalue weighted by atomic mass is 10.0. The van der Waals surface area contributed by atoms with Gasteiger partial charge in [0.25, 0.3) is 0 Å². The average Bonchev–Trinajstić information content (AvgIpc) is 3.31. The predicted molar refractivity (Wildman–Crippen MR) is 129 cm³/mol. The SMILES string of the molecule is CCOC(=O)c1nn(COCC[Si](C)(C)C)nc1-c1ccc2c(c1)Cc1ccc(Cl)cc1-2. The van der Waals surface area contributed by atoms with Gasteiger partial charge in [0.1, 0.15) is 5.69 Å². The molecule has 8 heteroatoms. The first kappa shape index (κ1) is 22.7. The van der Waals surface area contributed by atoms with E-state index in [2.05, 4.69) is 48.0 Å². The number of halogens is 1. The van der Waals surface area contributed by atoms with Crippen LogP contribution in [0.2, 0.25) is 30.7 Å². The summed E-state index contributed by atoms with van der Waals surface area (Å²) in [6, 6.07) is 13.1. The second-order valence-electron chi connectivity index (χ2n) is 9.19. The molecule has 4 rings (SSSR count). The Labute approximate surface area is 194 Å². The zero-order valence-electron chi connectivity index (χ0n) is 18.9. The van der Waals surface area contributed by atoms with Crippen LogP contribution in [0.25, 0.3) is 22.4 Å². The maximum atomic E-state index is 12.6. The van der Waals surface area contributed by atoms with Crippen LogP contribution < -0.4 is 0 Å². The molecule has 0 radical (unpaired) electrons. The van der Waals surface area contributed by atoms with Gasteiger partial charge in [-0.05, 0) is 59.8 Å². The molecule has 2 aromatic carbocycles. The highest BCUT2D eigenvalue weighted by Gasteiger charge is 2.24. The number of ether oxygens (including phenoxy) is 2. The largest absolute Gasteiger partial charge is 0.461 e. The van der Waals surface area contributed by atoms with Crippen LogP contribution in [0.15, 0.2) is 36.4 Å². The minimum atomic E-state index is -1.18. The Morgan fingerprint density at radius 2 is 1.91 bits per heavy atom. The summed E-state index contributed by atoms with van der Waals surface area (Å²) in [6.45, 7) is 9.82. The number of carbonyl (C=O) groups is 1. The van der Waals surface area contributed by atoms with Crippen LogP contribution in [0.4, 0.5) is 0 Å². The number of esters is 1. The number of nitrogens with zero attached hydrogens (tertiary/aromatic N) is 3. The first-order chi connectivity index (χ1) is 15.2. The standard InChI is InChI=1S/C24H28ClN3O3Si/c1-5-31-24(29)23-22(26-28(27-23)15-30-10-11-32(2,3)4)17-7-9-20-18(13-17)12-16-6-8-19(25)14-21(16)20/h6-9,13-14H,5,10-12,15H2,1-4H3. The average molecular weight is 470 g/mol. The zero-order valence-corrected chi connectivity index (χ0v) is 20.7. The molecule has 1 aliphatic rings. The normalized spacial score (nSPS) is 12.5. The highest BCUT2D eigenvalue weighted by molar-refractivity contribution is 6.76. The molecule has 6 nitrogen and oxygen atoms in total. The molecule has 32 heavy (non-hydrogen) atoms. The van der Waals surface area contributed by atoms with Gasteiger partial charge < -0.3 is 9.47 Å². The van der Waals surface area contributed by atoms with E-state index >= 15 is 0 Å². The fourth-order valence-corrected chi connectivity index (χ4v) is 4.70. The summed E-state index contributed by atoms with van der Waals surface area (Å²) in [6.07, 6.45) is 0.818. The Morgan fingerprint density at radius 1 is 1.09 bits per heavy atom. The Kier molecular flexibility index (Phi) is 6.51.